The molecule has 6 rings (SSSR count). The van der Waals surface area contributed by atoms with Gasteiger partial charge in [0.05, 0.1) is 23.4 Å². The summed E-state index contributed by atoms with van der Waals surface area (Å²) >= 11 is 1.38. The zero-order valence-electron chi connectivity index (χ0n) is 20.8. The predicted octanol–water partition coefficient (Wildman–Crippen LogP) is 3.53. The van der Waals surface area contributed by atoms with Gasteiger partial charge in [-0.2, -0.15) is 0 Å². The summed E-state index contributed by atoms with van der Waals surface area (Å²) < 4.78 is 5.99. The largest absolute Gasteiger partial charge is 0.494 e. The summed E-state index contributed by atoms with van der Waals surface area (Å²) in [6, 6.07) is 14.8. The van der Waals surface area contributed by atoms with Crippen LogP contribution >= 0.6 is 11.3 Å². The van der Waals surface area contributed by atoms with Crippen LogP contribution in [-0.4, -0.2) is 53.8 Å². The molecule has 3 aliphatic heterocycles. The summed E-state index contributed by atoms with van der Waals surface area (Å²) in [6.45, 7) is 5.00. The quantitative estimate of drug-likeness (QED) is 0.534. The molecular weight excluding hydrogens is 488 g/mol. The van der Waals surface area contributed by atoms with Gasteiger partial charge in [0.2, 0.25) is 11.8 Å². The molecule has 3 amide bonds. The van der Waals surface area contributed by atoms with Gasteiger partial charge in [0.15, 0.2) is 0 Å². The van der Waals surface area contributed by atoms with E-state index in [0.717, 1.165) is 21.8 Å². The molecule has 2 atom stereocenters. The standard InChI is InChI=1S/C28H28N4O4S/c1-17-24(37-18(2)30-17)26(34)31-13-11-28-21-9-3-4-10-22(21)32(27(28)35)16-23(33)29-12-6-14-36-20-8-5-7-19(15-20)25(28)31/h3-5,7-10,15,25H,6,11-14,16H2,1-2H3,(H,29,33)/t25-,28+/m0/s1. The second kappa shape index (κ2) is 8.99. The molecule has 37 heavy (non-hydrogen) atoms. The third-order valence-corrected chi connectivity index (χ3v) is 8.63. The molecule has 1 fully saturated rings. The molecule has 0 unspecified atom stereocenters. The number of nitrogens with zero attached hydrogens (tertiary/aromatic N) is 3. The van der Waals surface area contributed by atoms with E-state index < -0.39 is 11.5 Å². The first-order chi connectivity index (χ1) is 17.9. The van der Waals surface area contributed by atoms with Crippen molar-refractivity contribution in [2.75, 3.05) is 31.1 Å². The van der Waals surface area contributed by atoms with Crippen molar-refractivity contribution >= 4 is 34.7 Å². The van der Waals surface area contributed by atoms with Gasteiger partial charge < -0.3 is 19.9 Å². The molecule has 190 valence electrons. The van der Waals surface area contributed by atoms with E-state index in [0.29, 0.717) is 48.9 Å². The number of fused-ring (bicyclic) bond motifs is 6. The highest BCUT2D eigenvalue weighted by Crippen LogP contribution is 2.57. The van der Waals surface area contributed by atoms with E-state index in [9.17, 15) is 14.4 Å². The number of ether oxygens (including phenoxy) is 1. The summed E-state index contributed by atoms with van der Waals surface area (Å²) in [5.74, 6) is 0.188. The lowest BCUT2D eigenvalue weighted by atomic mass is 9.72. The number of benzene rings is 2. The Morgan fingerprint density at radius 1 is 1.16 bits per heavy atom. The van der Waals surface area contributed by atoms with Crippen molar-refractivity contribution in [3.63, 3.8) is 0 Å². The van der Waals surface area contributed by atoms with Crippen LogP contribution in [0, 0.1) is 13.8 Å². The fourth-order valence-corrected chi connectivity index (χ4v) is 6.93. The molecule has 1 aromatic heterocycles. The van der Waals surface area contributed by atoms with E-state index >= 15 is 0 Å². The van der Waals surface area contributed by atoms with Gasteiger partial charge in [-0.05, 0) is 56.0 Å². The fraction of sp³-hybridized carbons (Fsp3) is 0.357. The Morgan fingerprint density at radius 3 is 2.81 bits per heavy atom. The first-order valence-electron chi connectivity index (χ1n) is 12.6. The summed E-state index contributed by atoms with van der Waals surface area (Å²) in [6.07, 6.45) is 1.10. The lowest BCUT2D eigenvalue weighted by Gasteiger charge is -2.35. The van der Waals surface area contributed by atoms with Gasteiger partial charge in [-0.15, -0.1) is 11.3 Å². The molecule has 8 nitrogen and oxygen atoms in total. The SMILES string of the molecule is Cc1nc(C)c(C(=O)N2CC[C@]34C(=O)N(CC(=O)NCCCOc5cccc(c5)[C@H]23)c2ccccc24)s1. The number of anilines is 1. The van der Waals surface area contributed by atoms with Gasteiger partial charge in [0.25, 0.3) is 5.91 Å². The normalized spacial score (nSPS) is 23.1. The number of carbonyl (C=O) groups excluding carboxylic acids is 3. The Bertz CT molecular complexity index is 1420. The van der Waals surface area contributed by atoms with Gasteiger partial charge in [-0.3, -0.25) is 14.4 Å². The number of rotatable bonds is 1. The van der Waals surface area contributed by atoms with Crippen molar-refractivity contribution in [1.82, 2.24) is 15.2 Å². The number of para-hydroxylation sites is 1. The van der Waals surface area contributed by atoms with Crippen LogP contribution in [0.5, 0.6) is 5.75 Å². The molecule has 4 bridgehead atoms. The number of hydrogen-bond acceptors (Lipinski definition) is 6. The highest BCUT2D eigenvalue weighted by Gasteiger charge is 2.62. The van der Waals surface area contributed by atoms with E-state index in [1.165, 1.54) is 11.3 Å². The number of hydrogen-bond donors (Lipinski definition) is 1. The monoisotopic (exact) mass is 516 g/mol. The maximum absolute atomic E-state index is 14.4. The summed E-state index contributed by atoms with van der Waals surface area (Å²) in [7, 11) is 0. The minimum Gasteiger partial charge on any atom is -0.494 e. The Hall–Kier alpha value is -3.72. The van der Waals surface area contributed by atoms with Crippen LogP contribution in [-0.2, 0) is 15.0 Å². The Balaban J connectivity index is 1.55. The number of carbonyl (C=O) groups is 3. The third-order valence-electron chi connectivity index (χ3n) is 7.57. The van der Waals surface area contributed by atoms with Crippen LogP contribution in [0.25, 0.3) is 0 Å². The van der Waals surface area contributed by atoms with Crippen LogP contribution in [0.3, 0.4) is 0 Å². The third kappa shape index (κ3) is 3.71. The Labute approximate surface area is 219 Å². The van der Waals surface area contributed by atoms with Crippen molar-refractivity contribution in [1.29, 1.82) is 0 Å². The molecule has 1 saturated heterocycles. The van der Waals surface area contributed by atoms with Gasteiger partial charge in [-0.1, -0.05) is 30.3 Å². The minimum atomic E-state index is -1.01. The number of aromatic nitrogens is 1. The lowest BCUT2D eigenvalue weighted by molar-refractivity contribution is -0.127. The molecule has 2 aromatic carbocycles. The first-order valence-corrected chi connectivity index (χ1v) is 13.4. The van der Waals surface area contributed by atoms with Crippen molar-refractivity contribution < 1.29 is 19.1 Å². The van der Waals surface area contributed by atoms with E-state index in [1.54, 1.807) is 4.90 Å². The maximum Gasteiger partial charge on any atom is 0.266 e. The van der Waals surface area contributed by atoms with E-state index in [4.69, 9.17) is 4.74 Å². The first kappa shape index (κ1) is 23.7. The van der Waals surface area contributed by atoms with Crippen molar-refractivity contribution in [2.24, 2.45) is 0 Å². The number of aryl methyl sites for hydroxylation is 2. The van der Waals surface area contributed by atoms with E-state index in [1.807, 2.05) is 67.3 Å². The second-order valence-corrected chi connectivity index (χ2v) is 11.0. The number of amides is 3. The van der Waals surface area contributed by atoms with E-state index in [-0.39, 0.29) is 24.3 Å². The van der Waals surface area contributed by atoms with Gasteiger partial charge >= 0.3 is 0 Å². The molecule has 4 heterocycles. The Morgan fingerprint density at radius 2 is 2.00 bits per heavy atom. The molecule has 1 spiro atoms. The van der Waals surface area contributed by atoms with Crippen LogP contribution in [0.4, 0.5) is 5.69 Å². The zero-order chi connectivity index (χ0) is 25.7. The predicted molar refractivity (Wildman–Crippen MR) is 140 cm³/mol. The van der Waals surface area contributed by atoms with Crippen LogP contribution in [0.15, 0.2) is 48.5 Å². The molecule has 0 radical (unpaired) electrons. The average Bonchev–Trinajstić information content (AvgIpc) is 3.52. The van der Waals surface area contributed by atoms with Gasteiger partial charge in [-0.25, -0.2) is 4.98 Å². The second-order valence-electron chi connectivity index (χ2n) is 9.80. The molecule has 0 saturated carbocycles. The zero-order valence-corrected chi connectivity index (χ0v) is 21.6. The molecule has 3 aliphatic rings. The van der Waals surface area contributed by atoms with Crippen molar-refractivity contribution in [3.05, 3.63) is 75.2 Å². The molecule has 1 N–H and O–H groups in total. The fourth-order valence-electron chi connectivity index (χ4n) is 6.05. The van der Waals surface area contributed by atoms with Crippen LogP contribution in [0.2, 0.25) is 0 Å². The van der Waals surface area contributed by atoms with Crippen molar-refractivity contribution in [2.45, 2.75) is 38.1 Å². The van der Waals surface area contributed by atoms with Crippen molar-refractivity contribution in [3.8, 4) is 5.75 Å². The summed E-state index contributed by atoms with van der Waals surface area (Å²) in [5.41, 5.74) is 2.11. The highest BCUT2D eigenvalue weighted by atomic mass is 32.1. The smallest absolute Gasteiger partial charge is 0.266 e. The summed E-state index contributed by atoms with van der Waals surface area (Å²) in [4.78, 5) is 49.8. The van der Waals surface area contributed by atoms with Gasteiger partial charge in [0.1, 0.15) is 22.6 Å². The molecule has 0 aliphatic carbocycles. The van der Waals surface area contributed by atoms with Crippen LogP contribution < -0.4 is 15.0 Å². The maximum atomic E-state index is 14.4. The van der Waals surface area contributed by atoms with Gasteiger partial charge in [0, 0.05) is 18.8 Å². The topological polar surface area (TPSA) is 91.8 Å². The lowest BCUT2D eigenvalue weighted by Crippen LogP contribution is -2.48. The van der Waals surface area contributed by atoms with E-state index in [2.05, 4.69) is 10.3 Å². The molecular formula is C28H28N4O4S. The molecule has 9 heteroatoms. The number of thiazole rings is 1. The summed E-state index contributed by atoms with van der Waals surface area (Å²) in [5, 5.41) is 3.74. The number of likely N-dealkylation sites (tertiary alicyclic amines) is 1. The average molecular weight is 517 g/mol. The Kier molecular flexibility index (Phi) is 5.75. The highest BCUT2D eigenvalue weighted by molar-refractivity contribution is 7.13. The molecule has 3 aromatic rings. The van der Waals surface area contributed by atoms with Crippen LogP contribution in [0.1, 0.15) is 50.4 Å². The number of nitrogens with one attached hydrogen (secondary N) is 1. The minimum absolute atomic E-state index is 0.0632.